The summed E-state index contributed by atoms with van der Waals surface area (Å²) in [5.74, 6) is 0.359. The zero-order valence-electron chi connectivity index (χ0n) is 16.1. The van der Waals surface area contributed by atoms with Gasteiger partial charge in [-0.1, -0.05) is 35.9 Å². The minimum Gasteiger partial charge on any atom is -0.491 e. The first kappa shape index (κ1) is 19.6. The highest BCUT2D eigenvalue weighted by atomic mass is 16.5. The number of aryl methyl sites for hydroxylation is 2. The Morgan fingerprint density at radius 3 is 2.50 bits per heavy atom. The van der Waals surface area contributed by atoms with E-state index in [4.69, 9.17) is 9.84 Å². The molecule has 0 spiro atoms. The van der Waals surface area contributed by atoms with Gasteiger partial charge in [-0.05, 0) is 54.8 Å². The molecule has 144 valence electrons. The highest BCUT2D eigenvalue weighted by molar-refractivity contribution is 5.96. The molecule has 0 saturated heterocycles. The lowest BCUT2D eigenvalue weighted by Crippen LogP contribution is -2.23. The molecule has 0 aliphatic heterocycles. The summed E-state index contributed by atoms with van der Waals surface area (Å²) in [7, 11) is 0. The number of carbonyl (C=O) groups is 1. The number of nitrogens with one attached hydrogen (secondary N) is 1. The minimum atomic E-state index is -0.191. The zero-order valence-corrected chi connectivity index (χ0v) is 16.1. The van der Waals surface area contributed by atoms with Gasteiger partial charge in [-0.25, -0.2) is 0 Å². The number of aliphatic hydroxyl groups excluding tert-OH is 1. The van der Waals surface area contributed by atoms with Gasteiger partial charge >= 0.3 is 0 Å². The molecule has 0 aliphatic carbocycles. The van der Waals surface area contributed by atoms with Gasteiger partial charge < -0.3 is 15.2 Å². The first-order valence-corrected chi connectivity index (χ1v) is 9.20. The summed E-state index contributed by atoms with van der Waals surface area (Å²) >= 11 is 0. The lowest BCUT2D eigenvalue weighted by atomic mass is 10.0. The van der Waals surface area contributed by atoms with Crippen molar-refractivity contribution in [3.05, 3.63) is 83.2 Å². The van der Waals surface area contributed by atoms with E-state index in [2.05, 4.69) is 10.3 Å². The van der Waals surface area contributed by atoms with Gasteiger partial charge in [-0.15, -0.1) is 0 Å². The van der Waals surface area contributed by atoms with Crippen molar-refractivity contribution in [2.75, 3.05) is 13.2 Å². The fourth-order valence-electron chi connectivity index (χ4n) is 2.78. The summed E-state index contributed by atoms with van der Waals surface area (Å²) < 4.78 is 5.57. The summed E-state index contributed by atoms with van der Waals surface area (Å²) in [5, 5.41) is 12.0. The number of pyridine rings is 1. The molecule has 1 aromatic heterocycles. The molecule has 2 aromatic carbocycles. The van der Waals surface area contributed by atoms with Crippen LogP contribution >= 0.6 is 0 Å². The highest BCUT2D eigenvalue weighted by Crippen LogP contribution is 2.27. The molecule has 0 aliphatic rings. The maximum atomic E-state index is 12.7. The minimum absolute atomic E-state index is 0.0866. The topological polar surface area (TPSA) is 71.5 Å². The summed E-state index contributed by atoms with van der Waals surface area (Å²) in [6.07, 6.45) is 1.76. The van der Waals surface area contributed by atoms with Gasteiger partial charge in [-0.2, -0.15) is 0 Å². The molecule has 5 heteroatoms. The van der Waals surface area contributed by atoms with E-state index in [0.29, 0.717) is 17.9 Å². The third kappa shape index (κ3) is 5.18. The van der Waals surface area contributed by atoms with Crippen LogP contribution in [0, 0.1) is 13.8 Å². The number of aliphatic hydroxyl groups is 1. The number of hydrogen-bond acceptors (Lipinski definition) is 4. The summed E-state index contributed by atoms with van der Waals surface area (Å²) in [6.45, 7) is 4.44. The van der Waals surface area contributed by atoms with Crippen molar-refractivity contribution in [3.8, 4) is 16.9 Å². The van der Waals surface area contributed by atoms with Crippen LogP contribution in [0.25, 0.3) is 11.1 Å². The van der Waals surface area contributed by atoms with Gasteiger partial charge in [0, 0.05) is 24.0 Å². The molecule has 5 nitrogen and oxygen atoms in total. The van der Waals surface area contributed by atoms with Gasteiger partial charge in [0.15, 0.2) is 0 Å². The summed E-state index contributed by atoms with van der Waals surface area (Å²) in [5.41, 5.74) is 5.43. The molecule has 0 bridgehead atoms. The van der Waals surface area contributed by atoms with Crippen molar-refractivity contribution >= 4 is 5.91 Å². The number of benzene rings is 2. The second-order valence-corrected chi connectivity index (χ2v) is 6.67. The van der Waals surface area contributed by atoms with Crippen LogP contribution in [0.15, 0.2) is 60.8 Å². The maximum Gasteiger partial charge on any atom is 0.251 e. The van der Waals surface area contributed by atoms with E-state index < -0.39 is 0 Å². The number of aromatic nitrogens is 1. The molecule has 3 rings (SSSR count). The van der Waals surface area contributed by atoms with Gasteiger partial charge in [0.25, 0.3) is 5.91 Å². The third-order valence-electron chi connectivity index (χ3n) is 4.34. The summed E-state index contributed by atoms with van der Waals surface area (Å²) in [4.78, 5) is 17.0. The fraction of sp³-hybridized carbons (Fsp3) is 0.217. The second-order valence-electron chi connectivity index (χ2n) is 6.67. The van der Waals surface area contributed by atoms with Crippen LogP contribution in [-0.2, 0) is 6.54 Å². The Morgan fingerprint density at radius 1 is 1.04 bits per heavy atom. The van der Waals surface area contributed by atoms with E-state index in [9.17, 15) is 4.79 Å². The monoisotopic (exact) mass is 376 g/mol. The largest absolute Gasteiger partial charge is 0.491 e. The van der Waals surface area contributed by atoms with Gasteiger partial charge in [0.2, 0.25) is 0 Å². The molecule has 0 atom stereocenters. The quantitative estimate of drug-likeness (QED) is 0.660. The normalized spacial score (nSPS) is 10.5. The molecule has 0 radical (unpaired) electrons. The van der Waals surface area contributed by atoms with E-state index in [0.717, 1.165) is 22.4 Å². The van der Waals surface area contributed by atoms with Crippen molar-refractivity contribution in [1.29, 1.82) is 0 Å². The van der Waals surface area contributed by atoms with Crippen LogP contribution in [0.2, 0.25) is 0 Å². The Bertz CT molecular complexity index is 935. The second kappa shape index (κ2) is 9.15. The number of nitrogens with zero attached hydrogens (tertiary/aromatic N) is 1. The van der Waals surface area contributed by atoms with E-state index in [1.54, 1.807) is 12.3 Å². The Hall–Kier alpha value is -3.18. The molecule has 0 unspecified atom stereocenters. The van der Waals surface area contributed by atoms with Gasteiger partial charge in [-0.3, -0.25) is 9.78 Å². The molecule has 1 amide bonds. The molecule has 0 saturated carbocycles. The average Bonchev–Trinajstić information content (AvgIpc) is 2.72. The van der Waals surface area contributed by atoms with Crippen LogP contribution in [0.5, 0.6) is 5.75 Å². The number of hydrogen-bond donors (Lipinski definition) is 2. The van der Waals surface area contributed by atoms with E-state index in [-0.39, 0.29) is 19.1 Å². The van der Waals surface area contributed by atoms with Crippen molar-refractivity contribution in [1.82, 2.24) is 10.3 Å². The van der Waals surface area contributed by atoms with Crippen molar-refractivity contribution < 1.29 is 14.6 Å². The third-order valence-corrected chi connectivity index (χ3v) is 4.34. The Morgan fingerprint density at radius 2 is 1.82 bits per heavy atom. The number of carbonyl (C=O) groups excluding carboxylic acids is 1. The Labute approximate surface area is 165 Å². The molecular formula is C23H24N2O3. The highest BCUT2D eigenvalue weighted by Gasteiger charge is 2.11. The van der Waals surface area contributed by atoms with Gasteiger partial charge in [0.1, 0.15) is 12.4 Å². The van der Waals surface area contributed by atoms with Crippen LogP contribution in [0.1, 0.15) is 27.2 Å². The number of rotatable bonds is 7. The Balaban J connectivity index is 1.83. The Kier molecular flexibility index (Phi) is 6.40. The molecular weight excluding hydrogens is 352 g/mol. The van der Waals surface area contributed by atoms with Crippen LogP contribution < -0.4 is 10.1 Å². The standard InChI is InChI=1S/C23H24N2O3/c1-16-3-7-19(8-4-16)20-11-21(13-22(12-20)28-10-9-26)23(27)25-15-18-6-5-17(2)24-14-18/h3-8,11-14,26H,9-10,15H2,1-2H3,(H,25,27). The van der Waals surface area contributed by atoms with E-state index >= 15 is 0 Å². The molecule has 1 heterocycles. The first-order chi connectivity index (χ1) is 13.5. The van der Waals surface area contributed by atoms with Crippen molar-refractivity contribution in [2.45, 2.75) is 20.4 Å². The van der Waals surface area contributed by atoms with E-state index in [1.165, 1.54) is 5.56 Å². The molecule has 0 fully saturated rings. The lowest BCUT2D eigenvalue weighted by Gasteiger charge is -2.12. The maximum absolute atomic E-state index is 12.7. The van der Waals surface area contributed by atoms with Crippen molar-refractivity contribution in [2.24, 2.45) is 0 Å². The zero-order chi connectivity index (χ0) is 19.9. The smallest absolute Gasteiger partial charge is 0.251 e. The molecule has 3 aromatic rings. The van der Waals surface area contributed by atoms with Crippen LogP contribution in [0.4, 0.5) is 0 Å². The van der Waals surface area contributed by atoms with Crippen LogP contribution in [-0.4, -0.2) is 29.2 Å². The van der Waals surface area contributed by atoms with E-state index in [1.807, 2.05) is 62.4 Å². The molecule has 2 N–H and O–H groups in total. The first-order valence-electron chi connectivity index (χ1n) is 9.20. The van der Waals surface area contributed by atoms with Gasteiger partial charge in [0.05, 0.1) is 6.61 Å². The predicted molar refractivity (Wildman–Crippen MR) is 109 cm³/mol. The SMILES string of the molecule is Cc1ccc(-c2cc(OCCO)cc(C(=O)NCc3ccc(C)nc3)c2)cc1. The van der Waals surface area contributed by atoms with Crippen molar-refractivity contribution in [3.63, 3.8) is 0 Å². The fourth-order valence-corrected chi connectivity index (χ4v) is 2.78. The average molecular weight is 376 g/mol. The number of ether oxygens (including phenoxy) is 1. The lowest BCUT2D eigenvalue weighted by molar-refractivity contribution is 0.0950. The number of amides is 1. The van der Waals surface area contributed by atoms with Crippen LogP contribution in [0.3, 0.4) is 0 Å². The summed E-state index contributed by atoms with van der Waals surface area (Å²) in [6, 6.07) is 17.4. The molecule has 28 heavy (non-hydrogen) atoms. The predicted octanol–water partition coefficient (Wildman–Crippen LogP) is 3.67.